The standard InChI is InChI=1S/C12H20N2OS/c1-9-6-10(9)7-13-11-14-12(8-16-11)2-4-15-5-3-12/h9-10H,2-8H2,1H3,(H,13,14). The summed E-state index contributed by atoms with van der Waals surface area (Å²) in [6.07, 6.45) is 3.65. The van der Waals surface area contributed by atoms with Crippen molar-refractivity contribution in [1.82, 2.24) is 5.32 Å². The van der Waals surface area contributed by atoms with E-state index in [-0.39, 0.29) is 0 Å². The molecule has 3 fully saturated rings. The molecule has 90 valence electrons. The molecule has 0 aromatic carbocycles. The highest BCUT2D eigenvalue weighted by molar-refractivity contribution is 8.14. The third-order valence-electron chi connectivity index (χ3n) is 4.05. The van der Waals surface area contributed by atoms with Crippen molar-refractivity contribution < 1.29 is 4.74 Å². The molecule has 3 aliphatic rings. The van der Waals surface area contributed by atoms with E-state index in [1.54, 1.807) is 0 Å². The van der Waals surface area contributed by atoms with Crippen LogP contribution in [0, 0.1) is 11.8 Å². The van der Waals surface area contributed by atoms with Crippen molar-refractivity contribution in [3.63, 3.8) is 0 Å². The van der Waals surface area contributed by atoms with Gasteiger partial charge in [0.2, 0.25) is 0 Å². The van der Waals surface area contributed by atoms with E-state index in [2.05, 4.69) is 12.2 Å². The first-order chi connectivity index (χ1) is 7.77. The second-order valence-electron chi connectivity index (χ2n) is 5.43. The van der Waals surface area contributed by atoms with Crippen molar-refractivity contribution in [3.05, 3.63) is 0 Å². The summed E-state index contributed by atoms with van der Waals surface area (Å²) >= 11 is 1.90. The number of hydrogen-bond donors (Lipinski definition) is 1. The molecule has 1 aliphatic carbocycles. The number of amidine groups is 1. The molecule has 2 atom stereocenters. The summed E-state index contributed by atoms with van der Waals surface area (Å²) in [6.45, 7) is 5.16. The Kier molecular flexibility index (Phi) is 2.88. The molecule has 1 saturated carbocycles. The minimum absolute atomic E-state index is 0.302. The lowest BCUT2D eigenvalue weighted by molar-refractivity contribution is 0.0555. The summed E-state index contributed by atoms with van der Waals surface area (Å²) in [4.78, 5) is 4.71. The summed E-state index contributed by atoms with van der Waals surface area (Å²) in [6, 6.07) is 0. The van der Waals surface area contributed by atoms with E-state index in [0.29, 0.717) is 5.54 Å². The molecule has 2 aliphatic heterocycles. The third kappa shape index (κ3) is 2.23. The number of aliphatic imine (C=N–C) groups is 1. The van der Waals surface area contributed by atoms with Gasteiger partial charge in [-0.25, -0.2) is 0 Å². The summed E-state index contributed by atoms with van der Waals surface area (Å²) in [7, 11) is 0. The van der Waals surface area contributed by atoms with Gasteiger partial charge in [0.25, 0.3) is 0 Å². The zero-order valence-electron chi connectivity index (χ0n) is 9.87. The van der Waals surface area contributed by atoms with Crippen molar-refractivity contribution in [3.8, 4) is 0 Å². The molecule has 0 aromatic rings. The Hall–Kier alpha value is -0.220. The number of thioether (sulfide) groups is 1. The number of hydrogen-bond acceptors (Lipinski definition) is 3. The van der Waals surface area contributed by atoms with Gasteiger partial charge in [0.05, 0.1) is 5.54 Å². The molecule has 0 radical (unpaired) electrons. The highest BCUT2D eigenvalue weighted by Crippen LogP contribution is 2.38. The van der Waals surface area contributed by atoms with Crippen LogP contribution in [0.3, 0.4) is 0 Å². The molecule has 3 nitrogen and oxygen atoms in total. The van der Waals surface area contributed by atoms with Gasteiger partial charge in [-0.2, -0.15) is 0 Å². The molecule has 0 amide bonds. The molecule has 2 saturated heterocycles. The maximum absolute atomic E-state index is 5.42. The van der Waals surface area contributed by atoms with E-state index in [4.69, 9.17) is 9.73 Å². The topological polar surface area (TPSA) is 33.6 Å². The maximum Gasteiger partial charge on any atom is 0.157 e. The van der Waals surface area contributed by atoms with Gasteiger partial charge in [0.1, 0.15) is 0 Å². The zero-order chi connectivity index (χ0) is 11.0. The normalized spacial score (nSPS) is 38.9. The number of nitrogens with one attached hydrogen (secondary N) is 1. The molecule has 0 aromatic heterocycles. The molecule has 2 unspecified atom stereocenters. The summed E-state index contributed by atoms with van der Waals surface area (Å²) in [5.74, 6) is 2.95. The first kappa shape index (κ1) is 10.9. The first-order valence-electron chi connectivity index (χ1n) is 6.31. The van der Waals surface area contributed by atoms with Gasteiger partial charge in [-0.1, -0.05) is 18.7 Å². The molecular weight excluding hydrogens is 220 g/mol. The minimum Gasteiger partial charge on any atom is -0.381 e. The number of nitrogens with zero attached hydrogens (tertiary/aromatic N) is 1. The van der Waals surface area contributed by atoms with Crippen LogP contribution >= 0.6 is 11.8 Å². The Labute approximate surface area is 101 Å². The van der Waals surface area contributed by atoms with E-state index in [1.165, 1.54) is 17.3 Å². The van der Waals surface area contributed by atoms with E-state index >= 15 is 0 Å². The maximum atomic E-state index is 5.42. The van der Waals surface area contributed by atoms with Crippen molar-refractivity contribution >= 4 is 16.9 Å². The fourth-order valence-electron chi connectivity index (χ4n) is 2.48. The molecule has 4 heteroatoms. The van der Waals surface area contributed by atoms with E-state index < -0.39 is 0 Å². The van der Waals surface area contributed by atoms with Gasteiger partial charge >= 0.3 is 0 Å². The van der Waals surface area contributed by atoms with Crippen LogP contribution in [0.25, 0.3) is 0 Å². The second-order valence-corrected chi connectivity index (χ2v) is 6.39. The van der Waals surface area contributed by atoms with Crippen LogP contribution in [0.1, 0.15) is 26.2 Å². The van der Waals surface area contributed by atoms with Gasteiger partial charge in [0.15, 0.2) is 5.17 Å². The van der Waals surface area contributed by atoms with Gasteiger partial charge in [-0.3, -0.25) is 4.99 Å². The highest BCUT2D eigenvalue weighted by Gasteiger charge is 2.39. The van der Waals surface area contributed by atoms with Gasteiger partial charge < -0.3 is 10.1 Å². The fraction of sp³-hybridized carbons (Fsp3) is 0.917. The van der Waals surface area contributed by atoms with Crippen molar-refractivity contribution in [2.75, 3.05) is 25.5 Å². The van der Waals surface area contributed by atoms with Crippen LogP contribution in [-0.4, -0.2) is 36.2 Å². The molecule has 3 rings (SSSR count). The molecule has 2 heterocycles. The van der Waals surface area contributed by atoms with E-state index in [9.17, 15) is 0 Å². The third-order valence-corrected chi connectivity index (χ3v) is 5.25. The average molecular weight is 240 g/mol. The lowest BCUT2D eigenvalue weighted by Crippen LogP contribution is -2.48. The monoisotopic (exact) mass is 240 g/mol. The smallest absolute Gasteiger partial charge is 0.157 e. The van der Waals surface area contributed by atoms with Crippen LogP contribution in [-0.2, 0) is 4.74 Å². The van der Waals surface area contributed by atoms with Crippen molar-refractivity contribution in [2.24, 2.45) is 16.8 Å². The van der Waals surface area contributed by atoms with E-state index in [1.807, 2.05) is 11.8 Å². The Balaban J connectivity index is 1.55. The van der Waals surface area contributed by atoms with Crippen LogP contribution in [0.2, 0.25) is 0 Å². The molecule has 1 spiro atoms. The molecule has 16 heavy (non-hydrogen) atoms. The van der Waals surface area contributed by atoms with Crippen LogP contribution in [0.5, 0.6) is 0 Å². The summed E-state index contributed by atoms with van der Waals surface area (Å²) in [5.41, 5.74) is 0.302. The lowest BCUT2D eigenvalue weighted by Gasteiger charge is -2.32. The molecule has 0 bridgehead atoms. The summed E-state index contributed by atoms with van der Waals surface area (Å²) < 4.78 is 5.42. The van der Waals surface area contributed by atoms with Gasteiger partial charge in [-0.05, 0) is 31.1 Å². The first-order valence-corrected chi connectivity index (χ1v) is 7.29. The van der Waals surface area contributed by atoms with Crippen LogP contribution in [0.4, 0.5) is 0 Å². The van der Waals surface area contributed by atoms with Crippen molar-refractivity contribution in [1.29, 1.82) is 0 Å². The predicted octanol–water partition coefficient (Wildman–Crippen LogP) is 1.88. The van der Waals surface area contributed by atoms with Crippen LogP contribution in [0.15, 0.2) is 4.99 Å². The average Bonchev–Trinajstić information content (AvgIpc) is 2.87. The minimum atomic E-state index is 0.302. The van der Waals surface area contributed by atoms with Crippen molar-refractivity contribution in [2.45, 2.75) is 31.7 Å². The Morgan fingerprint density at radius 1 is 1.50 bits per heavy atom. The number of rotatable bonds is 2. The Bertz CT molecular complexity index is 299. The quantitative estimate of drug-likeness (QED) is 0.800. The largest absolute Gasteiger partial charge is 0.381 e. The number of ether oxygens (including phenoxy) is 1. The SMILES string of the molecule is CC1CC1CN=C1NC2(CCOCC2)CS1. The van der Waals surface area contributed by atoms with Gasteiger partial charge in [0, 0.05) is 25.5 Å². The predicted molar refractivity (Wildman–Crippen MR) is 68.0 cm³/mol. The highest BCUT2D eigenvalue weighted by atomic mass is 32.2. The lowest BCUT2D eigenvalue weighted by atomic mass is 9.93. The van der Waals surface area contributed by atoms with Crippen LogP contribution < -0.4 is 5.32 Å². The fourth-order valence-corrected chi connectivity index (χ4v) is 3.70. The Morgan fingerprint density at radius 3 is 2.94 bits per heavy atom. The Morgan fingerprint density at radius 2 is 2.25 bits per heavy atom. The van der Waals surface area contributed by atoms with Gasteiger partial charge in [-0.15, -0.1) is 0 Å². The summed E-state index contributed by atoms with van der Waals surface area (Å²) in [5, 5.41) is 4.82. The van der Waals surface area contributed by atoms with E-state index in [0.717, 1.165) is 44.4 Å². The second kappa shape index (κ2) is 4.22. The molecule has 1 N–H and O–H groups in total. The zero-order valence-corrected chi connectivity index (χ0v) is 10.7. The molecular formula is C12H20N2OS.